The highest BCUT2D eigenvalue weighted by Crippen LogP contribution is 2.29. The Bertz CT molecular complexity index is 636. The molecule has 1 nitrogen and oxygen atoms in total. The van der Waals surface area contributed by atoms with Crippen LogP contribution in [0.15, 0.2) is 40.6 Å². The average Bonchev–Trinajstić information content (AvgIpc) is 2.90. The van der Waals surface area contributed by atoms with Gasteiger partial charge in [0.15, 0.2) is 0 Å². The summed E-state index contributed by atoms with van der Waals surface area (Å²) in [7, 11) is 0. The minimum atomic E-state index is 0.216. The van der Waals surface area contributed by atoms with Crippen LogP contribution in [0.4, 0.5) is 0 Å². The largest absolute Gasteiger partial charge is 0.320 e. The molecule has 0 aliphatic rings. The van der Waals surface area contributed by atoms with Gasteiger partial charge < -0.3 is 5.73 Å². The quantitative estimate of drug-likeness (QED) is 0.659. The molecule has 1 heterocycles. The van der Waals surface area contributed by atoms with Crippen LogP contribution in [-0.2, 0) is 11.2 Å². The van der Waals surface area contributed by atoms with Crippen molar-refractivity contribution in [3.05, 3.63) is 51.7 Å². The van der Waals surface area contributed by atoms with Gasteiger partial charge in [-0.1, -0.05) is 44.7 Å². The van der Waals surface area contributed by atoms with Crippen molar-refractivity contribution in [1.82, 2.24) is 0 Å². The number of thiophene rings is 1. The lowest BCUT2D eigenvalue weighted by Crippen LogP contribution is -2.10. The molecule has 1 aromatic carbocycles. The lowest BCUT2D eigenvalue weighted by Gasteiger charge is -2.19. The number of benzene rings is 1. The SMILES string of the molecule is CC(C)(C)c1ccc(SCc2cc(C#CCN)cs2)cc1. The van der Waals surface area contributed by atoms with E-state index in [2.05, 4.69) is 68.3 Å². The van der Waals surface area contributed by atoms with E-state index in [0.717, 1.165) is 11.3 Å². The third-order valence-corrected chi connectivity index (χ3v) is 5.27. The molecule has 21 heavy (non-hydrogen) atoms. The summed E-state index contributed by atoms with van der Waals surface area (Å²) in [6.45, 7) is 7.14. The van der Waals surface area contributed by atoms with Gasteiger partial charge in [0.05, 0.1) is 6.54 Å². The number of nitrogens with two attached hydrogens (primary N) is 1. The van der Waals surface area contributed by atoms with Crippen molar-refractivity contribution >= 4 is 23.1 Å². The molecule has 0 bridgehead atoms. The van der Waals surface area contributed by atoms with Crippen LogP contribution in [0.25, 0.3) is 0 Å². The Morgan fingerprint density at radius 1 is 1.19 bits per heavy atom. The summed E-state index contributed by atoms with van der Waals surface area (Å²) in [6.07, 6.45) is 0. The van der Waals surface area contributed by atoms with Gasteiger partial charge in [-0.15, -0.1) is 23.1 Å². The maximum atomic E-state index is 5.39. The van der Waals surface area contributed by atoms with Crippen molar-refractivity contribution in [3.63, 3.8) is 0 Å². The normalized spacial score (nSPS) is 11.0. The third-order valence-electron chi connectivity index (χ3n) is 3.09. The van der Waals surface area contributed by atoms with Gasteiger partial charge in [0.25, 0.3) is 0 Å². The lowest BCUT2D eigenvalue weighted by molar-refractivity contribution is 0.590. The van der Waals surface area contributed by atoms with Gasteiger partial charge in [0, 0.05) is 26.5 Å². The molecule has 0 saturated heterocycles. The summed E-state index contributed by atoms with van der Waals surface area (Å²) in [5, 5.41) is 2.10. The minimum Gasteiger partial charge on any atom is -0.320 e. The van der Waals surface area contributed by atoms with Crippen LogP contribution in [0.3, 0.4) is 0 Å². The Kier molecular flexibility index (Phi) is 5.52. The molecule has 0 fully saturated rings. The van der Waals surface area contributed by atoms with Crippen LogP contribution < -0.4 is 5.73 Å². The standard InChI is InChI=1S/C18H21NS2/c1-18(2,3)15-6-8-16(9-7-15)21-13-17-11-14(12-20-17)5-4-10-19/h6-9,11-12H,10,13,19H2,1-3H3. The van der Waals surface area contributed by atoms with Crippen molar-refractivity contribution in [3.8, 4) is 11.8 Å². The number of hydrogen-bond acceptors (Lipinski definition) is 3. The first-order valence-electron chi connectivity index (χ1n) is 6.99. The molecule has 0 aliphatic carbocycles. The topological polar surface area (TPSA) is 26.0 Å². The molecule has 0 aliphatic heterocycles. The Morgan fingerprint density at radius 3 is 2.52 bits per heavy atom. The van der Waals surface area contributed by atoms with E-state index in [1.54, 1.807) is 11.3 Å². The first-order valence-corrected chi connectivity index (χ1v) is 8.85. The van der Waals surface area contributed by atoms with E-state index in [0.29, 0.717) is 6.54 Å². The van der Waals surface area contributed by atoms with Gasteiger partial charge in [-0.2, -0.15) is 0 Å². The molecule has 0 saturated carbocycles. The van der Waals surface area contributed by atoms with Gasteiger partial charge in [0.2, 0.25) is 0 Å². The van der Waals surface area contributed by atoms with E-state index < -0.39 is 0 Å². The van der Waals surface area contributed by atoms with Crippen LogP contribution in [-0.4, -0.2) is 6.54 Å². The van der Waals surface area contributed by atoms with Crippen molar-refractivity contribution in [2.75, 3.05) is 6.54 Å². The molecule has 3 heteroatoms. The smallest absolute Gasteiger partial charge is 0.0555 e. The zero-order chi connectivity index (χ0) is 15.3. The van der Waals surface area contributed by atoms with Crippen LogP contribution in [0.1, 0.15) is 36.8 Å². The maximum absolute atomic E-state index is 5.39. The molecule has 110 valence electrons. The second-order valence-corrected chi connectivity index (χ2v) is 7.92. The lowest BCUT2D eigenvalue weighted by atomic mass is 9.87. The minimum absolute atomic E-state index is 0.216. The van der Waals surface area contributed by atoms with Crippen molar-refractivity contribution in [1.29, 1.82) is 0 Å². The van der Waals surface area contributed by atoms with Crippen molar-refractivity contribution in [2.45, 2.75) is 36.8 Å². The second-order valence-electron chi connectivity index (χ2n) is 5.87. The fraction of sp³-hybridized carbons (Fsp3) is 0.333. The molecule has 0 spiro atoms. The van der Waals surface area contributed by atoms with Crippen LogP contribution in [0.5, 0.6) is 0 Å². The summed E-state index contributed by atoms with van der Waals surface area (Å²) in [5.41, 5.74) is 8.05. The number of hydrogen-bond donors (Lipinski definition) is 1. The number of thioether (sulfide) groups is 1. The molecule has 0 atom stereocenters. The molecular weight excluding hydrogens is 294 g/mol. The fourth-order valence-corrected chi connectivity index (χ4v) is 3.65. The van der Waals surface area contributed by atoms with Gasteiger partial charge in [-0.25, -0.2) is 0 Å². The summed E-state index contributed by atoms with van der Waals surface area (Å²) in [4.78, 5) is 2.66. The highest BCUT2D eigenvalue weighted by Gasteiger charge is 2.12. The van der Waals surface area contributed by atoms with E-state index in [9.17, 15) is 0 Å². The maximum Gasteiger partial charge on any atom is 0.0555 e. The molecule has 1 aromatic heterocycles. The number of rotatable bonds is 3. The Morgan fingerprint density at radius 2 is 1.90 bits per heavy atom. The predicted octanol–water partition coefficient (Wildman–Crippen LogP) is 4.65. The zero-order valence-electron chi connectivity index (χ0n) is 12.8. The second kappa shape index (κ2) is 7.17. The van der Waals surface area contributed by atoms with Crippen molar-refractivity contribution in [2.24, 2.45) is 5.73 Å². The first kappa shape index (κ1) is 16.2. The first-order chi connectivity index (χ1) is 9.99. The zero-order valence-corrected chi connectivity index (χ0v) is 14.4. The Balaban J connectivity index is 1.95. The monoisotopic (exact) mass is 315 g/mol. The van der Waals surface area contributed by atoms with Crippen LogP contribution >= 0.6 is 23.1 Å². The van der Waals surface area contributed by atoms with Gasteiger partial charge >= 0.3 is 0 Å². The predicted molar refractivity (Wildman–Crippen MR) is 95.0 cm³/mol. The molecular formula is C18H21NS2. The summed E-state index contributed by atoms with van der Waals surface area (Å²) < 4.78 is 0. The molecule has 0 unspecified atom stereocenters. The van der Waals surface area contributed by atoms with Gasteiger partial charge in [-0.05, 0) is 29.2 Å². The molecule has 2 aromatic rings. The van der Waals surface area contributed by atoms with Gasteiger partial charge in [0.1, 0.15) is 0 Å². The van der Waals surface area contributed by atoms with Crippen LogP contribution in [0.2, 0.25) is 0 Å². The molecule has 2 rings (SSSR count). The Labute approximate surface area is 136 Å². The Hall–Kier alpha value is -1.21. The highest BCUT2D eigenvalue weighted by atomic mass is 32.2. The molecule has 2 N–H and O–H groups in total. The highest BCUT2D eigenvalue weighted by molar-refractivity contribution is 7.98. The van der Waals surface area contributed by atoms with Gasteiger partial charge in [-0.3, -0.25) is 0 Å². The fourth-order valence-electron chi connectivity index (χ4n) is 1.88. The van der Waals surface area contributed by atoms with E-state index in [1.807, 2.05) is 11.8 Å². The summed E-state index contributed by atoms with van der Waals surface area (Å²) in [6, 6.07) is 11.1. The average molecular weight is 316 g/mol. The van der Waals surface area contributed by atoms with E-state index in [1.165, 1.54) is 15.3 Å². The summed E-state index contributed by atoms with van der Waals surface area (Å²) in [5.74, 6) is 6.95. The summed E-state index contributed by atoms with van der Waals surface area (Å²) >= 11 is 3.63. The van der Waals surface area contributed by atoms with E-state index >= 15 is 0 Å². The third kappa shape index (κ3) is 4.93. The molecule has 0 amide bonds. The van der Waals surface area contributed by atoms with E-state index in [-0.39, 0.29) is 5.41 Å². The molecule has 0 radical (unpaired) electrons. The van der Waals surface area contributed by atoms with Crippen molar-refractivity contribution < 1.29 is 0 Å². The van der Waals surface area contributed by atoms with Crippen LogP contribution in [0, 0.1) is 11.8 Å². The van der Waals surface area contributed by atoms with E-state index in [4.69, 9.17) is 5.73 Å².